The Labute approximate surface area is 351 Å². The quantitative estimate of drug-likeness (QED) is 0.0701. The molecule has 3 aromatic carbocycles. The molecule has 314 valence electrons. The first-order chi connectivity index (χ1) is 29.7. The first kappa shape index (κ1) is 42.7. The maximum atomic E-state index is 12.1. The molecule has 0 unspecified atom stereocenters. The maximum absolute atomic E-state index is 12.1. The molecule has 0 atom stereocenters. The highest BCUT2D eigenvalue weighted by Crippen LogP contribution is 2.29. The maximum Gasteiger partial charge on any atom is 0.418 e. The summed E-state index contributed by atoms with van der Waals surface area (Å²) in [5, 5.41) is 15.2. The van der Waals surface area contributed by atoms with Crippen molar-refractivity contribution in [3.8, 4) is 28.7 Å². The van der Waals surface area contributed by atoms with Gasteiger partial charge in [0.15, 0.2) is 0 Å². The highest BCUT2D eigenvalue weighted by atomic mass is 16.6. The van der Waals surface area contributed by atoms with Crippen LogP contribution in [0, 0.1) is 0 Å². The average Bonchev–Trinajstić information content (AvgIpc) is 3.88. The number of nitrogens with one attached hydrogen (secondary N) is 5. The number of fused-ring (bicyclic) bond motifs is 2. The first-order valence-corrected chi connectivity index (χ1v) is 19.5. The summed E-state index contributed by atoms with van der Waals surface area (Å²) in [6.45, 7) is 8.21. The van der Waals surface area contributed by atoms with Crippen LogP contribution < -0.4 is 40.8 Å². The van der Waals surface area contributed by atoms with Gasteiger partial charge in [-0.05, 0) is 93.6 Å². The Morgan fingerprint density at radius 2 is 1.10 bits per heavy atom. The minimum atomic E-state index is -0.649. The van der Waals surface area contributed by atoms with Crippen molar-refractivity contribution in [2.75, 3.05) is 43.5 Å². The van der Waals surface area contributed by atoms with Gasteiger partial charge in [0, 0.05) is 73.9 Å². The van der Waals surface area contributed by atoms with Crippen molar-refractivity contribution < 1.29 is 38.1 Å². The average molecular weight is 828 g/mol. The number of benzene rings is 3. The molecular weight excluding hydrogens is 783 g/mol. The van der Waals surface area contributed by atoms with E-state index in [4.69, 9.17) is 18.9 Å². The molecule has 0 spiro atoms. The smallest absolute Gasteiger partial charge is 0.418 e. The zero-order valence-corrected chi connectivity index (χ0v) is 33.7. The van der Waals surface area contributed by atoms with Crippen LogP contribution in [0.15, 0.2) is 128 Å². The highest BCUT2D eigenvalue weighted by Gasteiger charge is 2.12. The Hall–Kier alpha value is -7.92. The monoisotopic (exact) mass is 827 g/mol. The lowest BCUT2D eigenvalue weighted by Crippen LogP contribution is -2.31. The van der Waals surface area contributed by atoms with E-state index in [1.54, 1.807) is 88.4 Å². The van der Waals surface area contributed by atoms with Crippen molar-refractivity contribution in [3.63, 3.8) is 0 Å². The number of aromatic nitrogens is 4. The first-order valence-electron chi connectivity index (χ1n) is 19.5. The van der Waals surface area contributed by atoms with Crippen molar-refractivity contribution >= 4 is 57.6 Å². The van der Waals surface area contributed by atoms with Gasteiger partial charge in [-0.1, -0.05) is 18.2 Å². The molecule has 7 rings (SSSR count). The van der Waals surface area contributed by atoms with Crippen LogP contribution >= 0.6 is 0 Å². The number of carbonyl (C=O) groups is 4. The molecule has 5 N–H and O–H groups in total. The van der Waals surface area contributed by atoms with Crippen molar-refractivity contribution in [2.45, 2.75) is 20.8 Å². The topological polar surface area (TPSA) is 201 Å². The predicted molar refractivity (Wildman–Crippen MR) is 231 cm³/mol. The van der Waals surface area contributed by atoms with Crippen LogP contribution in [0.25, 0.3) is 21.8 Å². The highest BCUT2D eigenvalue weighted by molar-refractivity contribution is 5.93. The summed E-state index contributed by atoms with van der Waals surface area (Å²) in [6, 6.07) is 29.2. The molecular formula is C44H45N9O8. The lowest BCUT2D eigenvalue weighted by atomic mass is 10.2. The summed E-state index contributed by atoms with van der Waals surface area (Å²) in [6.07, 6.45) is 5.86. The molecule has 0 bridgehead atoms. The van der Waals surface area contributed by atoms with Crippen LogP contribution in [0.3, 0.4) is 0 Å². The third-order valence-electron chi connectivity index (χ3n) is 8.51. The third-order valence-corrected chi connectivity index (χ3v) is 8.51. The number of amides is 5. The molecule has 0 saturated heterocycles. The van der Waals surface area contributed by atoms with E-state index in [9.17, 15) is 19.2 Å². The molecule has 0 aliphatic heterocycles. The number of hydrogen-bond acceptors (Lipinski definition) is 10. The summed E-state index contributed by atoms with van der Waals surface area (Å²) in [5.41, 5.74) is 1.56. The molecule has 17 nitrogen and oxygen atoms in total. The van der Waals surface area contributed by atoms with Gasteiger partial charge >= 0.3 is 24.2 Å². The van der Waals surface area contributed by atoms with Gasteiger partial charge in [0.25, 0.3) is 0 Å². The van der Waals surface area contributed by atoms with Crippen LogP contribution in [0.1, 0.15) is 20.8 Å². The van der Waals surface area contributed by atoms with Gasteiger partial charge in [0.2, 0.25) is 0 Å². The van der Waals surface area contributed by atoms with E-state index in [-0.39, 0.29) is 18.1 Å². The second-order valence-electron chi connectivity index (χ2n) is 12.8. The zero-order chi connectivity index (χ0) is 43.0. The van der Waals surface area contributed by atoms with Gasteiger partial charge in [0.1, 0.15) is 40.4 Å². The fourth-order valence-corrected chi connectivity index (χ4v) is 5.82. The Morgan fingerprint density at radius 1 is 0.574 bits per heavy atom. The van der Waals surface area contributed by atoms with Crippen LogP contribution in [-0.4, -0.2) is 76.1 Å². The molecule has 0 aliphatic carbocycles. The van der Waals surface area contributed by atoms with E-state index < -0.39 is 6.09 Å². The van der Waals surface area contributed by atoms with Crippen molar-refractivity contribution in [1.29, 1.82) is 0 Å². The summed E-state index contributed by atoms with van der Waals surface area (Å²) in [5.74, 6) is 3.30. The summed E-state index contributed by atoms with van der Waals surface area (Å²) in [7, 11) is 0. The number of carbonyl (C=O) groups excluding carboxylic acids is 4. The number of para-hydroxylation sites is 1. The number of pyridine rings is 2. The minimum Gasteiger partial charge on any atom is -0.457 e. The molecule has 17 heteroatoms. The van der Waals surface area contributed by atoms with Gasteiger partial charge in [-0.2, -0.15) is 0 Å². The number of anilines is 2. The molecule has 0 saturated carbocycles. The fourth-order valence-electron chi connectivity index (χ4n) is 5.82. The van der Waals surface area contributed by atoms with Crippen LogP contribution in [0.2, 0.25) is 0 Å². The van der Waals surface area contributed by atoms with Crippen molar-refractivity contribution in [2.24, 2.45) is 0 Å². The SMILES string of the molecule is CCNC(=O)n1ccc2cc(Oc3ccnc(NC(=O)NCCOCC)c3)ccc21.CCNC(=O)n1ccc2cc(Oc3ccnc(NC(=O)Oc4ccccc4)c3)ccc21. The Morgan fingerprint density at radius 3 is 1.62 bits per heavy atom. The number of ether oxygens (including phenoxy) is 4. The Kier molecular flexibility index (Phi) is 14.8. The second-order valence-corrected chi connectivity index (χ2v) is 12.8. The second kappa shape index (κ2) is 21.2. The molecule has 61 heavy (non-hydrogen) atoms. The molecule has 4 heterocycles. The van der Waals surface area contributed by atoms with E-state index in [1.165, 1.54) is 6.20 Å². The summed E-state index contributed by atoms with van der Waals surface area (Å²) < 4.78 is 25.3. The minimum absolute atomic E-state index is 0.175. The molecule has 0 aliphatic rings. The fraction of sp³-hybridized carbons (Fsp3) is 0.182. The standard InChI is InChI=1S/C23H20N4O4.C21H25N5O4/c1-2-24-22(28)27-13-11-16-14-18(8-9-20(16)27)30-19-10-12-25-21(15-19)26-23(29)31-17-6-4-3-5-7-17;1-3-22-21(28)26-11-8-15-13-16(5-6-18(15)26)30-17-7-9-23-19(14-17)25-20(27)24-10-12-29-4-2/h3-15H,2H2,1H3,(H,24,28)(H,25,26,29);5-9,11,13-14H,3-4,10,12H2,1-2H3,(H,22,28)(H2,23,24,25,27). The number of nitrogens with zero attached hydrogens (tertiary/aromatic N) is 4. The Balaban J connectivity index is 0.000000204. The van der Waals surface area contributed by atoms with Crippen molar-refractivity contribution in [1.82, 2.24) is 35.1 Å². The molecule has 4 aromatic heterocycles. The summed E-state index contributed by atoms with van der Waals surface area (Å²) >= 11 is 0. The molecule has 5 amide bonds. The third kappa shape index (κ3) is 12.1. The number of rotatable bonds is 13. The van der Waals surface area contributed by atoms with Crippen LogP contribution in [0.4, 0.5) is 30.8 Å². The lowest BCUT2D eigenvalue weighted by Gasteiger charge is -2.10. The molecule has 0 fully saturated rings. The van der Waals surface area contributed by atoms with Crippen LogP contribution in [0.5, 0.6) is 28.7 Å². The van der Waals surface area contributed by atoms with E-state index in [2.05, 4.69) is 36.6 Å². The normalized spacial score (nSPS) is 10.5. The van der Waals surface area contributed by atoms with E-state index in [1.807, 2.05) is 63.2 Å². The van der Waals surface area contributed by atoms with E-state index >= 15 is 0 Å². The number of hydrogen-bond donors (Lipinski definition) is 5. The Bertz CT molecular complexity index is 2590. The van der Waals surface area contributed by atoms with Gasteiger partial charge in [0.05, 0.1) is 17.6 Å². The van der Waals surface area contributed by atoms with E-state index in [0.29, 0.717) is 73.2 Å². The number of urea groups is 1. The summed E-state index contributed by atoms with van der Waals surface area (Å²) in [4.78, 5) is 56.4. The largest absolute Gasteiger partial charge is 0.457 e. The van der Waals surface area contributed by atoms with Gasteiger partial charge < -0.3 is 34.9 Å². The van der Waals surface area contributed by atoms with Gasteiger partial charge in [-0.25, -0.2) is 29.1 Å². The van der Waals surface area contributed by atoms with Gasteiger partial charge in [-0.3, -0.25) is 19.8 Å². The molecule has 0 radical (unpaired) electrons. The van der Waals surface area contributed by atoms with Gasteiger partial charge in [-0.15, -0.1) is 0 Å². The van der Waals surface area contributed by atoms with E-state index in [0.717, 1.165) is 21.8 Å². The lowest BCUT2D eigenvalue weighted by molar-refractivity contribution is 0.150. The molecule has 7 aromatic rings. The van der Waals surface area contributed by atoms with Crippen LogP contribution in [-0.2, 0) is 4.74 Å². The van der Waals surface area contributed by atoms with Crippen molar-refractivity contribution in [3.05, 3.63) is 128 Å². The zero-order valence-electron chi connectivity index (χ0n) is 33.7. The predicted octanol–water partition coefficient (Wildman–Crippen LogP) is 8.58.